The van der Waals surface area contributed by atoms with Crippen LogP contribution in [0.4, 0.5) is 5.69 Å². The molecule has 0 aliphatic heterocycles. The summed E-state index contributed by atoms with van der Waals surface area (Å²) in [4.78, 5) is 14.4. The summed E-state index contributed by atoms with van der Waals surface area (Å²) in [5, 5.41) is 9.50. The quantitative estimate of drug-likeness (QED) is 0.354. The van der Waals surface area contributed by atoms with Gasteiger partial charge in [-0.2, -0.15) is 0 Å². The average Bonchev–Trinajstić information content (AvgIpc) is 3.28. The highest BCUT2D eigenvalue weighted by molar-refractivity contribution is 7.99. The summed E-state index contributed by atoms with van der Waals surface area (Å²) in [6, 6.07) is 27.3. The second kappa shape index (κ2) is 10.2. The fourth-order valence-corrected chi connectivity index (χ4v) is 4.11. The number of ether oxygens (including phenoxy) is 1. The fourth-order valence-electron chi connectivity index (χ4n) is 3.25. The first-order valence-corrected chi connectivity index (χ1v) is 11.3. The molecule has 0 fully saturated rings. The molecule has 1 heterocycles. The van der Waals surface area contributed by atoms with Crippen molar-refractivity contribution >= 4 is 23.4 Å². The first-order valence-electron chi connectivity index (χ1n) is 10.4. The second-order valence-electron chi connectivity index (χ2n) is 7.01. The van der Waals surface area contributed by atoms with Crippen LogP contribution in [-0.2, 0) is 4.79 Å². The Labute approximate surface area is 191 Å². The zero-order valence-electron chi connectivity index (χ0n) is 18.0. The van der Waals surface area contributed by atoms with Gasteiger partial charge in [0.15, 0.2) is 11.0 Å². The van der Waals surface area contributed by atoms with E-state index in [1.807, 2.05) is 96.4 Å². The minimum Gasteiger partial charge on any atom is -0.494 e. The lowest BCUT2D eigenvalue weighted by Crippen LogP contribution is -2.27. The van der Waals surface area contributed by atoms with Gasteiger partial charge in [0.1, 0.15) is 5.75 Å². The lowest BCUT2D eigenvalue weighted by atomic mass is 10.2. The van der Waals surface area contributed by atoms with Crippen molar-refractivity contribution < 1.29 is 9.53 Å². The van der Waals surface area contributed by atoms with E-state index in [1.165, 1.54) is 11.8 Å². The number of hydrogen-bond acceptors (Lipinski definition) is 5. The third kappa shape index (κ3) is 4.84. The molecule has 7 heteroatoms. The van der Waals surface area contributed by atoms with Crippen LogP contribution in [0.25, 0.3) is 17.1 Å². The monoisotopic (exact) mass is 444 g/mol. The van der Waals surface area contributed by atoms with E-state index in [4.69, 9.17) is 4.74 Å². The zero-order chi connectivity index (χ0) is 22.3. The van der Waals surface area contributed by atoms with Gasteiger partial charge in [-0.3, -0.25) is 9.36 Å². The highest BCUT2D eigenvalue weighted by Crippen LogP contribution is 2.29. The van der Waals surface area contributed by atoms with Crippen molar-refractivity contribution in [1.82, 2.24) is 14.8 Å². The molecular formula is C25H24N4O2S. The van der Waals surface area contributed by atoms with Gasteiger partial charge in [0.25, 0.3) is 0 Å². The number of hydrogen-bond donors (Lipinski definition) is 0. The van der Waals surface area contributed by atoms with Crippen LogP contribution in [0.3, 0.4) is 0 Å². The van der Waals surface area contributed by atoms with Gasteiger partial charge in [0.2, 0.25) is 5.91 Å². The Balaban J connectivity index is 1.62. The van der Waals surface area contributed by atoms with Crippen LogP contribution in [0.2, 0.25) is 0 Å². The number of nitrogens with zero attached hydrogens (tertiary/aromatic N) is 4. The predicted octanol–water partition coefficient (Wildman–Crippen LogP) is 5.09. The van der Waals surface area contributed by atoms with Gasteiger partial charge in [0, 0.05) is 24.0 Å². The standard InChI is InChI=1S/C25H24N4O2S/c1-3-31-22-16-14-21(15-17-22)29-24(19-10-6-4-7-11-19)26-27-25(29)32-18-23(30)28(2)20-12-8-5-9-13-20/h4-17H,3,18H2,1-2H3. The third-order valence-corrected chi connectivity index (χ3v) is 5.83. The van der Waals surface area contributed by atoms with Crippen LogP contribution in [0, 0.1) is 0 Å². The molecule has 0 aliphatic rings. The Kier molecular flexibility index (Phi) is 6.87. The van der Waals surface area contributed by atoms with Crippen LogP contribution in [0.15, 0.2) is 90.1 Å². The zero-order valence-corrected chi connectivity index (χ0v) is 18.8. The summed E-state index contributed by atoms with van der Waals surface area (Å²) in [6.07, 6.45) is 0. The van der Waals surface area contributed by atoms with Crippen molar-refractivity contribution in [3.8, 4) is 22.8 Å². The molecule has 0 radical (unpaired) electrons. The van der Waals surface area contributed by atoms with Crippen molar-refractivity contribution in [2.75, 3.05) is 24.3 Å². The SMILES string of the molecule is CCOc1ccc(-n2c(SCC(=O)N(C)c3ccccc3)nnc2-c2ccccc2)cc1. The van der Waals surface area contributed by atoms with Crippen LogP contribution in [0.1, 0.15) is 6.92 Å². The Bertz CT molecular complexity index is 1160. The van der Waals surface area contributed by atoms with E-state index in [0.29, 0.717) is 11.8 Å². The van der Waals surface area contributed by atoms with Gasteiger partial charge < -0.3 is 9.64 Å². The predicted molar refractivity (Wildman–Crippen MR) is 129 cm³/mol. The Hall–Kier alpha value is -3.58. The molecular weight excluding hydrogens is 420 g/mol. The van der Waals surface area contributed by atoms with E-state index in [1.54, 1.807) is 11.9 Å². The number of benzene rings is 3. The largest absolute Gasteiger partial charge is 0.494 e. The van der Waals surface area contributed by atoms with Crippen molar-refractivity contribution in [2.45, 2.75) is 12.1 Å². The average molecular weight is 445 g/mol. The van der Waals surface area contributed by atoms with Gasteiger partial charge in [0.05, 0.1) is 12.4 Å². The van der Waals surface area contributed by atoms with Crippen molar-refractivity contribution in [1.29, 1.82) is 0 Å². The van der Waals surface area contributed by atoms with Crippen LogP contribution in [-0.4, -0.2) is 40.1 Å². The van der Waals surface area contributed by atoms with E-state index >= 15 is 0 Å². The van der Waals surface area contributed by atoms with Gasteiger partial charge >= 0.3 is 0 Å². The van der Waals surface area contributed by atoms with Crippen LogP contribution >= 0.6 is 11.8 Å². The fraction of sp³-hybridized carbons (Fsp3) is 0.160. The van der Waals surface area contributed by atoms with Gasteiger partial charge in [-0.15, -0.1) is 10.2 Å². The lowest BCUT2D eigenvalue weighted by Gasteiger charge is -2.17. The van der Waals surface area contributed by atoms with Crippen molar-refractivity contribution in [3.63, 3.8) is 0 Å². The first-order chi connectivity index (χ1) is 15.7. The number of amides is 1. The molecule has 6 nitrogen and oxygen atoms in total. The van der Waals surface area contributed by atoms with E-state index in [2.05, 4.69) is 10.2 Å². The molecule has 0 saturated carbocycles. The highest BCUT2D eigenvalue weighted by atomic mass is 32.2. The molecule has 0 bridgehead atoms. The van der Waals surface area contributed by atoms with Gasteiger partial charge in [-0.05, 0) is 43.3 Å². The third-order valence-electron chi connectivity index (χ3n) is 4.91. The second-order valence-corrected chi connectivity index (χ2v) is 7.95. The van der Waals surface area contributed by atoms with Crippen molar-refractivity contribution in [3.05, 3.63) is 84.9 Å². The molecule has 4 rings (SSSR count). The van der Waals surface area contributed by atoms with Crippen LogP contribution < -0.4 is 9.64 Å². The topological polar surface area (TPSA) is 60.2 Å². The molecule has 0 spiro atoms. The maximum atomic E-state index is 12.8. The van der Waals surface area contributed by atoms with Crippen molar-refractivity contribution in [2.24, 2.45) is 0 Å². The summed E-state index contributed by atoms with van der Waals surface area (Å²) in [5.74, 6) is 1.76. The molecule has 1 aromatic heterocycles. The molecule has 162 valence electrons. The minimum atomic E-state index is -0.0105. The minimum absolute atomic E-state index is 0.0105. The summed E-state index contributed by atoms with van der Waals surface area (Å²) in [7, 11) is 1.78. The van der Waals surface area contributed by atoms with E-state index < -0.39 is 0 Å². The summed E-state index contributed by atoms with van der Waals surface area (Å²) in [5.41, 5.74) is 2.72. The van der Waals surface area contributed by atoms with Crippen LogP contribution in [0.5, 0.6) is 5.75 Å². The molecule has 0 atom stereocenters. The molecule has 0 unspecified atom stereocenters. The molecule has 3 aromatic carbocycles. The first kappa shape index (κ1) is 21.6. The molecule has 1 amide bonds. The maximum absolute atomic E-state index is 12.8. The summed E-state index contributed by atoms with van der Waals surface area (Å²) < 4.78 is 7.55. The number of thioether (sulfide) groups is 1. The van der Waals surface area contributed by atoms with E-state index in [0.717, 1.165) is 28.5 Å². The highest BCUT2D eigenvalue weighted by Gasteiger charge is 2.19. The molecule has 0 aliphatic carbocycles. The number of carbonyl (C=O) groups is 1. The maximum Gasteiger partial charge on any atom is 0.237 e. The van der Waals surface area contributed by atoms with E-state index in [-0.39, 0.29) is 11.7 Å². The Morgan fingerprint density at radius 3 is 2.25 bits per heavy atom. The number of anilines is 1. The Morgan fingerprint density at radius 2 is 1.59 bits per heavy atom. The molecule has 0 N–H and O–H groups in total. The van der Waals surface area contributed by atoms with Gasteiger partial charge in [-0.25, -0.2) is 0 Å². The molecule has 32 heavy (non-hydrogen) atoms. The molecule has 4 aromatic rings. The summed E-state index contributed by atoms with van der Waals surface area (Å²) >= 11 is 1.37. The summed E-state index contributed by atoms with van der Waals surface area (Å²) in [6.45, 7) is 2.57. The number of carbonyl (C=O) groups excluding carboxylic acids is 1. The normalized spacial score (nSPS) is 10.7. The number of aromatic nitrogens is 3. The van der Waals surface area contributed by atoms with E-state index in [9.17, 15) is 4.79 Å². The molecule has 0 saturated heterocycles. The smallest absolute Gasteiger partial charge is 0.237 e. The van der Waals surface area contributed by atoms with Gasteiger partial charge in [-0.1, -0.05) is 60.3 Å². The lowest BCUT2D eigenvalue weighted by molar-refractivity contribution is -0.115. The number of rotatable bonds is 8. The Morgan fingerprint density at radius 1 is 0.938 bits per heavy atom. The number of para-hydroxylation sites is 1.